The van der Waals surface area contributed by atoms with Crippen LogP contribution in [0.15, 0.2) is 12.1 Å². The van der Waals surface area contributed by atoms with Crippen LogP contribution in [-0.4, -0.2) is 10.7 Å². The SMILES string of the molecule is Cc1cc(C)c(C#CCS)c([N+](=O)[O-])c1. The van der Waals surface area contributed by atoms with Gasteiger partial charge in [-0.1, -0.05) is 17.9 Å². The zero-order chi connectivity index (χ0) is 11.4. The molecule has 0 aliphatic carbocycles. The van der Waals surface area contributed by atoms with Gasteiger partial charge in [0.05, 0.1) is 10.7 Å². The van der Waals surface area contributed by atoms with Gasteiger partial charge >= 0.3 is 0 Å². The van der Waals surface area contributed by atoms with E-state index in [1.165, 1.54) is 6.07 Å². The number of thiol groups is 1. The minimum Gasteiger partial charge on any atom is -0.258 e. The number of rotatable bonds is 1. The van der Waals surface area contributed by atoms with Crippen LogP contribution < -0.4 is 0 Å². The molecule has 0 N–H and O–H groups in total. The largest absolute Gasteiger partial charge is 0.285 e. The zero-order valence-electron chi connectivity index (χ0n) is 8.57. The van der Waals surface area contributed by atoms with Gasteiger partial charge in [0.2, 0.25) is 0 Å². The Kier molecular flexibility index (Phi) is 3.75. The van der Waals surface area contributed by atoms with Crippen LogP contribution in [0.2, 0.25) is 0 Å². The second kappa shape index (κ2) is 4.85. The number of benzene rings is 1. The number of nitrogens with zero attached hydrogens (tertiary/aromatic N) is 1. The quantitative estimate of drug-likeness (QED) is 0.342. The molecule has 78 valence electrons. The maximum atomic E-state index is 10.8. The molecule has 0 aliphatic rings. The fourth-order valence-electron chi connectivity index (χ4n) is 1.38. The lowest BCUT2D eigenvalue weighted by molar-refractivity contribution is -0.385. The molecule has 0 radical (unpaired) electrons. The first-order valence-electron chi connectivity index (χ1n) is 4.41. The van der Waals surface area contributed by atoms with Crippen molar-refractivity contribution in [2.24, 2.45) is 0 Å². The van der Waals surface area contributed by atoms with Crippen molar-refractivity contribution in [3.8, 4) is 11.8 Å². The summed E-state index contributed by atoms with van der Waals surface area (Å²) in [5.41, 5.74) is 2.26. The topological polar surface area (TPSA) is 43.1 Å². The van der Waals surface area contributed by atoms with Gasteiger partial charge in [-0.05, 0) is 25.0 Å². The Morgan fingerprint density at radius 3 is 2.67 bits per heavy atom. The summed E-state index contributed by atoms with van der Waals surface area (Å²) in [6, 6.07) is 3.42. The smallest absolute Gasteiger partial charge is 0.258 e. The van der Waals surface area contributed by atoms with Crippen LogP contribution in [0, 0.1) is 35.8 Å². The third kappa shape index (κ3) is 2.74. The third-order valence-corrected chi connectivity index (χ3v) is 2.11. The van der Waals surface area contributed by atoms with Crippen LogP contribution in [0.4, 0.5) is 5.69 Å². The van der Waals surface area contributed by atoms with Gasteiger partial charge in [0.15, 0.2) is 0 Å². The molecule has 0 atom stereocenters. The number of hydrogen-bond donors (Lipinski definition) is 1. The standard InChI is InChI=1S/C11H11NO2S/c1-8-6-9(2)10(4-3-5-15)11(7-8)12(13)14/h6-7,15H,5H2,1-2H3. The van der Waals surface area contributed by atoms with Gasteiger partial charge in [0.25, 0.3) is 5.69 Å². The van der Waals surface area contributed by atoms with E-state index >= 15 is 0 Å². The molecule has 1 rings (SSSR count). The molecule has 4 heteroatoms. The van der Waals surface area contributed by atoms with Gasteiger partial charge in [0, 0.05) is 6.07 Å². The fourth-order valence-corrected chi connectivity index (χ4v) is 1.46. The molecule has 0 fully saturated rings. The Hall–Kier alpha value is -1.47. The average molecular weight is 221 g/mol. The Balaban J connectivity index is 3.40. The molecule has 1 aromatic rings. The Bertz CT molecular complexity index is 458. The summed E-state index contributed by atoms with van der Waals surface area (Å²) < 4.78 is 0. The van der Waals surface area contributed by atoms with Crippen molar-refractivity contribution in [1.82, 2.24) is 0 Å². The van der Waals surface area contributed by atoms with Gasteiger partial charge < -0.3 is 0 Å². The molecular formula is C11H11NO2S. The monoisotopic (exact) mass is 221 g/mol. The van der Waals surface area contributed by atoms with Gasteiger partial charge in [-0.3, -0.25) is 10.1 Å². The highest BCUT2D eigenvalue weighted by atomic mass is 32.1. The minimum atomic E-state index is -0.400. The molecule has 0 spiro atoms. The number of nitro benzene ring substituents is 1. The van der Waals surface area contributed by atoms with Crippen LogP contribution in [-0.2, 0) is 0 Å². The summed E-state index contributed by atoms with van der Waals surface area (Å²) >= 11 is 3.95. The van der Waals surface area contributed by atoms with Crippen LogP contribution in [0.5, 0.6) is 0 Å². The summed E-state index contributed by atoms with van der Waals surface area (Å²) in [6.07, 6.45) is 0. The first-order chi connectivity index (χ1) is 7.06. The molecule has 0 bridgehead atoms. The van der Waals surface area contributed by atoms with Crippen molar-refractivity contribution in [2.45, 2.75) is 13.8 Å². The first kappa shape index (κ1) is 11.6. The van der Waals surface area contributed by atoms with Gasteiger partial charge in [0.1, 0.15) is 5.56 Å². The van der Waals surface area contributed by atoms with Crippen molar-refractivity contribution in [3.05, 3.63) is 38.9 Å². The van der Waals surface area contributed by atoms with Crippen LogP contribution in [0.1, 0.15) is 16.7 Å². The molecule has 0 heterocycles. The minimum absolute atomic E-state index is 0.0711. The maximum Gasteiger partial charge on any atom is 0.285 e. The summed E-state index contributed by atoms with van der Waals surface area (Å²) in [5, 5.41) is 10.8. The summed E-state index contributed by atoms with van der Waals surface area (Å²) in [6.45, 7) is 3.65. The highest BCUT2D eigenvalue weighted by molar-refractivity contribution is 7.80. The van der Waals surface area contributed by atoms with Gasteiger partial charge in [-0.2, -0.15) is 12.6 Å². The van der Waals surface area contributed by atoms with E-state index in [0.717, 1.165) is 11.1 Å². The highest BCUT2D eigenvalue weighted by Gasteiger charge is 2.14. The van der Waals surface area contributed by atoms with Crippen molar-refractivity contribution in [1.29, 1.82) is 0 Å². The van der Waals surface area contributed by atoms with Crippen LogP contribution >= 0.6 is 12.6 Å². The van der Waals surface area contributed by atoms with E-state index in [1.807, 2.05) is 19.9 Å². The lowest BCUT2D eigenvalue weighted by Gasteiger charge is -2.01. The Labute approximate surface area is 94.1 Å². The fraction of sp³-hybridized carbons (Fsp3) is 0.273. The molecule has 3 nitrogen and oxygen atoms in total. The summed E-state index contributed by atoms with van der Waals surface area (Å²) in [5.74, 6) is 5.89. The van der Waals surface area contributed by atoms with E-state index in [4.69, 9.17) is 0 Å². The molecule has 1 aromatic carbocycles. The van der Waals surface area contributed by atoms with E-state index < -0.39 is 4.92 Å². The average Bonchev–Trinajstić information content (AvgIpc) is 2.15. The molecule has 0 amide bonds. The van der Waals surface area contributed by atoms with Gasteiger partial charge in [-0.15, -0.1) is 0 Å². The Morgan fingerprint density at radius 1 is 1.47 bits per heavy atom. The van der Waals surface area contributed by atoms with Crippen molar-refractivity contribution >= 4 is 18.3 Å². The van der Waals surface area contributed by atoms with E-state index in [1.54, 1.807) is 0 Å². The normalized spacial score (nSPS) is 9.27. The lowest BCUT2D eigenvalue weighted by Crippen LogP contribution is -1.96. The summed E-state index contributed by atoms with van der Waals surface area (Å²) in [4.78, 5) is 10.4. The lowest BCUT2D eigenvalue weighted by atomic mass is 10.0. The predicted octanol–water partition coefficient (Wildman–Crippen LogP) is 2.49. The molecule has 0 aliphatic heterocycles. The van der Waals surface area contributed by atoms with Crippen molar-refractivity contribution in [2.75, 3.05) is 5.75 Å². The van der Waals surface area contributed by atoms with Crippen molar-refractivity contribution in [3.63, 3.8) is 0 Å². The molecule has 0 saturated carbocycles. The second-order valence-corrected chi connectivity index (χ2v) is 3.51. The molecular weight excluding hydrogens is 210 g/mol. The zero-order valence-corrected chi connectivity index (χ0v) is 9.47. The number of hydrogen-bond acceptors (Lipinski definition) is 3. The summed E-state index contributed by atoms with van der Waals surface area (Å²) in [7, 11) is 0. The first-order valence-corrected chi connectivity index (χ1v) is 5.05. The van der Waals surface area contributed by atoms with E-state index in [2.05, 4.69) is 24.5 Å². The molecule has 0 aromatic heterocycles. The predicted molar refractivity (Wildman–Crippen MR) is 63.3 cm³/mol. The maximum absolute atomic E-state index is 10.8. The number of aryl methyl sites for hydroxylation is 2. The molecule has 0 unspecified atom stereocenters. The van der Waals surface area contributed by atoms with Crippen molar-refractivity contribution < 1.29 is 4.92 Å². The van der Waals surface area contributed by atoms with Gasteiger partial charge in [-0.25, -0.2) is 0 Å². The van der Waals surface area contributed by atoms with E-state index in [-0.39, 0.29) is 5.69 Å². The van der Waals surface area contributed by atoms with Crippen LogP contribution in [0.3, 0.4) is 0 Å². The number of nitro groups is 1. The Morgan fingerprint density at radius 2 is 2.13 bits per heavy atom. The highest BCUT2D eigenvalue weighted by Crippen LogP contribution is 2.23. The molecule has 15 heavy (non-hydrogen) atoms. The van der Waals surface area contributed by atoms with E-state index in [0.29, 0.717) is 11.3 Å². The third-order valence-electron chi connectivity index (χ3n) is 1.95. The van der Waals surface area contributed by atoms with Crippen LogP contribution in [0.25, 0.3) is 0 Å². The second-order valence-electron chi connectivity index (χ2n) is 3.19. The molecule has 0 saturated heterocycles. The van der Waals surface area contributed by atoms with E-state index in [9.17, 15) is 10.1 Å².